The normalized spacial score (nSPS) is 11.7. The standard InChI is InChI=1S/C14H15N5O/c1-14(2,9-3-5-10(15)6-4-9)13-18-12(19-20-13)11-16-7-8-17-11/h3-8H,15H2,1-2H3,(H,16,17). The van der Waals surface area contributed by atoms with Gasteiger partial charge in [-0.15, -0.1) is 0 Å². The zero-order valence-electron chi connectivity index (χ0n) is 11.3. The Morgan fingerprint density at radius 1 is 1.20 bits per heavy atom. The van der Waals surface area contributed by atoms with Gasteiger partial charge >= 0.3 is 0 Å². The number of rotatable bonds is 3. The third-order valence-corrected chi connectivity index (χ3v) is 3.30. The van der Waals surface area contributed by atoms with Gasteiger partial charge in [-0.05, 0) is 31.5 Å². The Morgan fingerprint density at radius 3 is 2.60 bits per heavy atom. The SMILES string of the molecule is CC(C)(c1ccc(N)cc1)c1nc(-c2ncc[nH]2)no1. The minimum Gasteiger partial charge on any atom is -0.399 e. The lowest BCUT2D eigenvalue weighted by Crippen LogP contribution is -2.19. The van der Waals surface area contributed by atoms with E-state index < -0.39 is 5.41 Å². The van der Waals surface area contributed by atoms with Crippen LogP contribution in [-0.4, -0.2) is 20.1 Å². The Bertz CT molecular complexity index is 698. The predicted molar refractivity (Wildman–Crippen MR) is 74.9 cm³/mol. The summed E-state index contributed by atoms with van der Waals surface area (Å²) in [6, 6.07) is 7.65. The minimum absolute atomic E-state index is 0.397. The average molecular weight is 269 g/mol. The number of aromatic nitrogens is 4. The fraction of sp³-hybridized carbons (Fsp3) is 0.214. The van der Waals surface area contributed by atoms with Crippen LogP contribution < -0.4 is 5.73 Å². The Morgan fingerprint density at radius 2 is 1.95 bits per heavy atom. The maximum absolute atomic E-state index is 5.71. The highest BCUT2D eigenvalue weighted by molar-refractivity contribution is 5.45. The zero-order chi connectivity index (χ0) is 14.2. The van der Waals surface area contributed by atoms with Crippen LogP contribution in [0.5, 0.6) is 0 Å². The molecule has 0 aliphatic carbocycles. The molecule has 0 amide bonds. The molecule has 0 atom stereocenters. The second-order valence-corrected chi connectivity index (χ2v) is 5.11. The Labute approximate surface area is 116 Å². The van der Waals surface area contributed by atoms with Crippen LogP contribution in [0.1, 0.15) is 25.3 Å². The van der Waals surface area contributed by atoms with Gasteiger partial charge in [0.1, 0.15) is 0 Å². The summed E-state index contributed by atoms with van der Waals surface area (Å²) in [6.45, 7) is 4.05. The molecule has 0 bridgehead atoms. The summed E-state index contributed by atoms with van der Waals surface area (Å²) in [5, 5.41) is 3.96. The van der Waals surface area contributed by atoms with E-state index in [1.165, 1.54) is 0 Å². The molecule has 3 N–H and O–H groups in total. The van der Waals surface area contributed by atoms with Gasteiger partial charge in [-0.25, -0.2) is 4.98 Å². The predicted octanol–water partition coefficient (Wildman–Crippen LogP) is 2.37. The highest BCUT2D eigenvalue weighted by Crippen LogP contribution is 2.31. The number of H-pyrrole nitrogens is 1. The van der Waals surface area contributed by atoms with Crippen LogP contribution in [0.4, 0.5) is 5.69 Å². The van der Waals surface area contributed by atoms with E-state index in [9.17, 15) is 0 Å². The number of hydrogen-bond donors (Lipinski definition) is 2. The summed E-state index contributed by atoms with van der Waals surface area (Å²) in [7, 11) is 0. The van der Waals surface area contributed by atoms with Crippen LogP contribution in [0.15, 0.2) is 41.2 Å². The van der Waals surface area contributed by atoms with E-state index >= 15 is 0 Å². The first-order valence-corrected chi connectivity index (χ1v) is 6.27. The van der Waals surface area contributed by atoms with E-state index in [4.69, 9.17) is 10.3 Å². The molecule has 3 aromatic rings. The lowest BCUT2D eigenvalue weighted by molar-refractivity contribution is 0.333. The summed E-state index contributed by atoms with van der Waals surface area (Å²) >= 11 is 0. The number of nitrogens with zero attached hydrogens (tertiary/aromatic N) is 3. The second kappa shape index (κ2) is 4.48. The number of nitrogen functional groups attached to an aromatic ring is 1. The van der Waals surface area contributed by atoms with Gasteiger partial charge in [0.15, 0.2) is 5.82 Å². The molecular formula is C14H15N5O. The van der Waals surface area contributed by atoms with Crippen molar-refractivity contribution in [1.29, 1.82) is 0 Å². The molecule has 3 rings (SSSR count). The first-order valence-electron chi connectivity index (χ1n) is 6.27. The summed E-state index contributed by atoms with van der Waals surface area (Å²) in [6.07, 6.45) is 3.37. The van der Waals surface area contributed by atoms with Crippen molar-refractivity contribution in [2.75, 3.05) is 5.73 Å². The highest BCUT2D eigenvalue weighted by Gasteiger charge is 2.30. The van der Waals surface area contributed by atoms with Gasteiger partial charge in [0.25, 0.3) is 0 Å². The van der Waals surface area contributed by atoms with Crippen molar-refractivity contribution in [2.24, 2.45) is 0 Å². The van der Waals surface area contributed by atoms with Crippen LogP contribution in [0.2, 0.25) is 0 Å². The molecule has 1 aromatic carbocycles. The number of nitrogens with two attached hydrogens (primary N) is 1. The zero-order valence-corrected chi connectivity index (χ0v) is 11.3. The van der Waals surface area contributed by atoms with Gasteiger partial charge in [0.05, 0.1) is 5.41 Å². The topological polar surface area (TPSA) is 93.6 Å². The third-order valence-electron chi connectivity index (χ3n) is 3.30. The van der Waals surface area contributed by atoms with E-state index in [0.29, 0.717) is 17.5 Å². The molecule has 2 aromatic heterocycles. The molecular weight excluding hydrogens is 254 g/mol. The number of aromatic amines is 1. The molecule has 102 valence electrons. The van der Waals surface area contributed by atoms with Crippen molar-refractivity contribution in [1.82, 2.24) is 20.1 Å². The van der Waals surface area contributed by atoms with Crippen molar-refractivity contribution in [3.05, 3.63) is 48.1 Å². The maximum Gasteiger partial charge on any atom is 0.238 e. The van der Waals surface area contributed by atoms with Crippen molar-refractivity contribution in [2.45, 2.75) is 19.3 Å². The van der Waals surface area contributed by atoms with Crippen molar-refractivity contribution in [3.63, 3.8) is 0 Å². The monoisotopic (exact) mass is 269 g/mol. The van der Waals surface area contributed by atoms with Gasteiger partial charge in [-0.1, -0.05) is 17.3 Å². The molecule has 0 aliphatic rings. The molecule has 0 saturated heterocycles. The van der Waals surface area contributed by atoms with Crippen molar-refractivity contribution >= 4 is 5.69 Å². The summed E-state index contributed by atoms with van der Waals surface area (Å²) < 4.78 is 5.39. The molecule has 0 radical (unpaired) electrons. The van der Waals surface area contributed by atoms with Gasteiger partial charge in [-0.2, -0.15) is 4.98 Å². The molecule has 6 heteroatoms. The fourth-order valence-corrected chi connectivity index (χ4v) is 1.98. The second-order valence-electron chi connectivity index (χ2n) is 5.11. The molecule has 0 fully saturated rings. The summed E-state index contributed by atoms with van der Waals surface area (Å²) in [5.74, 6) is 1.58. The van der Waals surface area contributed by atoms with Gasteiger partial charge in [0.2, 0.25) is 11.7 Å². The third kappa shape index (κ3) is 2.05. The molecule has 6 nitrogen and oxygen atoms in total. The van der Waals surface area contributed by atoms with Gasteiger partial charge in [-0.3, -0.25) is 0 Å². The van der Waals surface area contributed by atoms with E-state index in [-0.39, 0.29) is 0 Å². The van der Waals surface area contributed by atoms with Crippen LogP contribution in [0.3, 0.4) is 0 Å². The van der Waals surface area contributed by atoms with Crippen molar-refractivity contribution < 1.29 is 4.52 Å². The molecule has 20 heavy (non-hydrogen) atoms. The Hall–Kier alpha value is -2.63. The number of benzene rings is 1. The number of hydrogen-bond acceptors (Lipinski definition) is 5. The highest BCUT2D eigenvalue weighted by atomic mass is 16.5. The van der Waals surface area contributed by atoms with Crippen molar-refractivity contribution in [3.8, 4) is 11.6 Å². The summed E-state index contributed by atoms with van der Waals surface area (Å²) in [5.41, 5.74) is 7.10. The van der Waals surface area contributed by atoms with Crippen LogP contribution in [0.25, 0.3) is 11.6 Å². The minimum atomic E-state index is -0.397. The molecule has 0 spiro atoms. The lowest BCUT2D eigenvalue weighted by Gasteiger charge is -2.20. The first-order chi connectivity index (χ1) is 9.57. The number of nitrogens with one attached hydrogen (secondary N) is 1. The summed E-state index contributed by atoms with van der Waals surface area (Å²) in [4.78, 5) is 11.5. The molecule has 2 heterocycles. The Balaban J connectivity index is 1.97. The first kappa shape index (κ1) is 12.4. The van der Waals surface area contributed by atoms with Gasteiger partial charge in [0, 0.05) is 18.1 Å². The van der Waals surface area contributed by atoms with E-state index in [0.717, 1.165) is 11.3 Å². The quantitative estimate of drug-likeness (QED) is 0.712. The smallest absolute Gasteiger partial charge is 0.238 e. The fourth-order valence-electron chi connectivity index (χ4n) is 1.98. The number of imidazole rings is 1. The van der Waals surface area contributed by atoms with Crippen LogP contribution in [0, 0.1) is 0 Å². The van der Waals surface area contributed by atoms with E-state index in [2.05, 4.69) is 20.1 Å². The maximum atomic E-state index is 5.71. The van der Waals surface area contributed by atoms with E-state index in [1.54, 1.807) is 12.4 Å². The van der Waals surface area contributed by atoms with Gasteiger partial charge < -0.3 is 15.2 Å². The largest absolute Gasteiger partial charge is 0.399 e. The average Bonchev–Trinajstić information content (AvgIpc) is 3.10. The molecule has 0 aliphatic heterocycles. The lowest BCUT2D eigenvalue weighted by atomic mass is 9.84. The van der Waals surface area contributed by atoms with Crippen LogP contribution >= 0.6 is 0 Å². The Kier molecular flexibility index (Phi) is 2.78. The van der Waals surface area contributed by atoms with E-state index in [1.807, 2.05) is 38.1 Å². The van der Waals surface area contributed by atoms with Crippen LogP contribution in [-0.2, 0) is 5.41 Å². The molecule has 0 saturated carbocycles. The number of anilines is 1. The molecule has 0 unspecified atom stereocenters.